The lowest BCUT2D eigenvalue weighted by Crippen LogP contribution is -2.17. The minimum absolute atomic E-state index is 0.0435. The molecule has 0 heterocycles. The van der Waals surface area contributed by atoms with Crippen molar-refractivity contribution in [3.8, 4) is 0 Å². The highest BCUT2D eigenvalue weighted by Crippen LogP contribution is 2.22. The quantitative estimate of drug-likeness (QED) is 0.907. The van der Waals surface area contributed by atoms with E-state index in [0.29, 0.717) is 11.3 Å². The summed E-state index contributed by atoms with van der Waals surface area (Å²) in [6.45, 7) is 5.53. The molecule has 0 unspecified atom stereocenters. The second-order valence-electron chi connectivity index (χ2n) is 5.25. The fourth-order valence-corrected chi connectivity index (χ4v) is 3.38. The van der Waals surface area contributed by atoms with Crippen molar-refractivity contribution in [1.82, 2.24) is 0 Å². The molecule has 1 amide bonds. The maximum Gasteiger partial charge on any atom is 0.262 e. The molecule has 22 heavy (non-hydrogen) atoms. The molecule has 0 aromatic heterocycles. The first kappa shape index (κ1) is 16.0. The molecule has 2 rings (SSSR count). The molecule has 5 nitrogen and oxygen atoms in total. The van der Waals surface area contributed by atoms with Crippen molar-refractivity contribution in [2.45, 2.75) is 25.7 Å². The lowest BCUT2D eigenvalue weighted by atomic mass is 10.1. The monoisotopic (exact) mass is 318 g/mol. The predicted octanol–water partition coefficient (Wildman–Crippen LogP) is 2.51. The molecular weight excluding hydrogens is 300 g/mol. The summed E-state index contributed by atoms with van der Waals surface area (Å²) in [6.07, 6.45) is 0. The molecule has 0 atom stereocenters. The van der Waals surface area contributed by atoms with Crippen LogP contribution in [0.25, 0.3) is 0 Å². The van der Waals surface area contributed by atoms with Gasteiger partial charge in [-0.1, -0.05) is 12.1 Å². The molecule has 0 saturated carbocycles. The summed E-state index contributed by atoms with van der Waals surface area (Å²) in [4.78, 5) is 11.3. The van der Waals surface area contributed by atoms with Gasteiger partial charge >= 0.3 is 0 Å². The van der Waals surface area contributed by atoms with Crippen molar-refractivity contribution in [2.24, 2.45) is 5.73 Å². The topological polar surface area (TPSA) is 89.3 Å². The Morgan fingerprint density at radius 2 is 1.59 bits per heavy atom. The number of anilines is 1. The van der Waals surface area contributed by atoms with Crippen LogP contribution in [0.1, 0.15) is 27.0 Å². The van der Waals surface area contributed by atoms with Crippen LogP contribution in [0, 0.1) is 20.8 Å². The van der Waals surface area contributed by atoms with Crippen LogP contribution in [0.4, 0.5) is 5.69 Å². The average Bonchev–Trinajstić information content (AvgIpc) is 2.42. The zero-order chi connectivity index (χ0) is 16.5. The number of nitrogens with two attached hydrogens (primary N) is 1. The van der Waals surface area contributed by atoms with E-state index in [-0.39, 0.29) is 10.5 Å². The number of aryl methyl sites for hydroxylation is 3. The number of benzene rings is 2. The minimum atomic E-state index is -3.79. The third kappa shape index (κ3) is 3.28. The molecule has 0 aliphatic heterocycles. The summed E-state index contributed by atoms with van der Waals surface area (Å²) in [5.74, 6) is -0.664. The van der Waals surface area contributed by atoms with Gasteiger partial charge in [0.05, 0.1) is 4.90 Å². The summed E-state index contributed by atoms with van der Waals surface area (Å²) >= 11 is 0. The highest BCUT2D eigenvalue weighted by atomic mass is 32.2. The molecule has 0 fully saturated rings. The minimum Gasteiger partial charge on any atom is -0.366 e. The predicted molar refractivity (Wildman–Crippen MR) is 86.4 cm³/mol. The van der Waals surface area contributed by atoms with E-state index in [1.54, 1.807) is 25.1 Å². The van der Waals surface area contributed by atoms with E-state index in [9.17, 15) is 13.2 Å². The number of carbonyl (C=O) groups excluding carboxylic acids is 1. The number of hydrogen-bond donors (Lipinski definition) is 2. The average molecular weight is 318 g/mol. The largest absolute Gasteiger partial charge is 0.366 e. The SMILES string of the molecule is Cc1ccc(NS(=O)(=O)c2cc(C(N)=O)ccc2C)cc1C. The van der Waals surface area contributed by atoms with Crippen molar-refractivity contribution in [2.75, 3.05) is 4.72 Å². The number of hydrogen-bond acceptors (Lipinski definition) is 3. The first-order valence-electron chi connectivity index (χ1n) is 6.71. The smallest absolute Gasteiger partial charge is 0.262 e. The molecule has 0 aliphatic rings. The van der Waals surface area contributed by atoms with Gasteiger partial charge in [-0.3, -0.25) is 9.52 Å². The molecule has 3 N–H and O–H groups in total. The standard InChI is InChI=1S/C16H18N2O3S/c1-10-5-7-14(8-12(10)3)18-22(20,21)15-9-13(16(17)19)6-4-11(15)2/h4-9,18H,1-3H3,(H2,17,19). The normalized spacial score (nSPS) is 11.2. The highest BCUT2D eigenvalue weighted by molar-refractivity contribution is 7.92. The zero-order valence-electron chi connectivity index (χ0n) is 12.7. The van der Waals surface area contributed by atoms with E-state index in [2.05, 4.69) is 4.72 Å². The summed E-state index contributed by atoms with van der Waals surface area (Å²) in [6, 6.07) is 9.68. The zero-order valence-corrected chi connectivity index (χ0v) is 13.5. The van der Waals surface area contributed by atoms with E-state index < -0.39 is 15.9 Å². The highest BCUT2D eigenvalue weighted by Gasteiger charge is 2.19. The van der Waals surface area contributed by atoms with Gasteiger partial charge < -0.3 is 5.73 Å². The Labute approximate surface area is 130 Å². The van der Waals surface area contributed by atoms with Crippen molar-refractivity contribution in [1.29, 1.82) is 0 Å². The van der Waals surface area contributed by atoms with E-state index in [1.165, 1.54) is 12.1 Å². The molecule has 0 spiro atoms. The van der Waals surface area contributed by atoms with Crippen molar-refractivity contribution in [3.05, 3.63) is 58.7 Å². The van der Waals surface area contributed by atoms with Crippen LogP contribution in [0.2, 0.25) is 0 Å². The van der Waals surface area contributed by atoms with Gasteiger partial charge in [-0.05, 0) is 61.7 Å². The number of rotatable bonds is 4. The molecule has 0 saturated heterocycles. The summed E-state index contributed by atoms with van der Waals surface area (Å²) in [5, 5.41) is 0. The maximum atomic E-state index is 12.5. The van der Waals surface area contributed by atoms with E-state index >= 15 is 0 Å². The van der Waals surface area contributed by atoms with Crippen LogP contribution in [0.15, 0.2) is 41.3 Å². The number of primary amides is 1. The lowest BCUT2D eigenvalue weighted by Gasteiger charge is -2.12. The summed E-state index contributed by atoms with van der Waals surface area (Å²) in [5.41, 5.74) is 8.46. The molecule has 6 heteroatoms. The first-order valence-corrected chi connectivity index (χ1v) is 8.19. The number of amides is 1. The van der Waals surface area contributed by atoms with Crippen molar-refractivity contribution >= 4 is 21.6 Å². The van der Waals surface area contributed by atoms with E-state index in [4.69, 9.17) is 5.73 Å². The molecule has 116 valence electrons. The van der Waals surface area contributed by atoms with Crippen molar-refractivity contribution in [3.63, 3.8) is 0 Å². The van der Waals surface area contributed by atoms with Crippen LogP contribution < -0.4 is 10.5 Å². The summed E-state index contributed by atoms with van der Waals surface area (Å²) in [7, 11) is -3.79. The van der Waals surface area contributed by atoms with E-state index in [1.807, 2.05) is 19.9 Å². The Bertz CT molecular complexity index is 842. The Morgan fingerprint density at radius 1 is 0.955 bits per heavy atom. The van der Waals surface area contributed by atoms with Crippen LogP contribution in [0.5, 0.6) is 0 Å². The van der Waals surface area contributed by atoms with Gasteiger partial charge in [0.1, 0.15) is 0 Å². The second kappa shape index (κ2) is 5.81. The van der Waals surface area contributed by atoms with Gasteiger partial charge in [-0.15, -0.1) is 0 Å². The first-order chi connectivity index (χ1) is 10.2. The Balaban J connectivity index is 2.44. The maximum absolute atomic E-state index is 12.5. The lowest BCUT2D eigenvalue weighted by molar-refractivity contribution is 0.1000. The number of carbonyl (C=O) groups is 1. The van der Waals surface area contributed by atoms with Crippen LogP contribution in [-0.2, 0) is 10.0 Å². The molecule has 0 aliphatic carbocycles. The second-order valence-corrected chi connectivity index (χ2v) is 6.90. The third-order valence-electron chi connectivity index (χ3n) is 3.52. The number of nitrogens with one attached hydrogen (secondary N) is 1. The van der Waals surface area contributed by atoms with Gasteiger partial charge in [-0.2, -0.15) is 0 Å². The Hall–Kier alpha value is -2.34. The van der Waals surface area contributed by atoms with Gasteiger partial charge in [-0.25, -0.2) is 8.42 Å². The van der Waals surface area contributed by atoms with Gasteiger partial charge in [0.15, 0.2) is 0 Å². The summed E-state index contributed by atoms with van der Waals surface area (Å²) < 4.78 is 27.6. The number of sulfonamides is 1. The molecular formula is C16H18N2O3S. The molecule has 2 aromatic carbocycles. The van der Waals surface area contributed by atoms with Crippen molar-refractivity contribution < 1.29 is 13.2 Å². The van der Waals surface area contributed by atoms with Gasteiger partial charge in [0.25, 0.3) is 10.0 Å². The van der Waals surface area contributed by atoms with Crippen LogP contribution in [0.3, 0.4) is 0 Å². The molecule has 0 radical (unpaired) electrons. The third-order valence-corrected chi connectivity index (χ3v) is 5.04. The fourth-order valence-electron chi connectivity index (χ4n) is 2.06. The van der Waals surface area contributed by atoms with Crippen LogP contribution >= 0.6 is 0 Å². The van der Waals surface area contributed by atoms with Gasteiger partial charge in [0, 0.05) is 11.3 Å². The Morgan fingerprint density at radius 3 is 2.18 bits per heavy atom. The van der Waals surface area contributed by atoms with E-state index in [0.717, 1.165) is 11.1 Å². The van der Waals surface area contributed by atoms with Crippen LogP contribution in [-0.4, -0.2) is 14.3 Å². The molecule has 2 aromatic rings. The molecule has 0 bridgehead atoms. The Kier molecular flexibility index (Phi) is 4.23. The fraction of sp³-hybridized carbons (Fsp3) is 0.188. The van der Waals surface area contributed by atoms with Gasteiger partial charge in [0.2, 0.25) is 5.91 Å².